The Morgan fingerprint density at radius 1 is 1.11 bits per heavy atom. The standard InChI is InChI=1S/C16H18NO2/c1-16(2,14-9-5-4-6-10-14)19-15(18)13-8-7-11-17(3)12-13/h4-12H,1-3H3/q+1. The molecule has 1 heterocycles. The molecule has 3 nitrogen and oxygen atoms in total. The Morgan fingerprint density at radius 3 is 2.42 bits per heavy atom. The number of nitrogens with zero attached hydrogens (tertiary/aromatic N) is 1. The highest BCUT2D eigenvalue weighted by atomic mass is 16.6. The monoisotopic (exact) mass is 256 g/mol. The van der Waals surface area contributed by atoms with E-state index in [9.17, 15) is 4.79 Å². The number of benzene rings is 1. The van der Waals surface area contributed by atoms with Gasteiger partial charge in [-0.05, 0) is 25.5 Å². The van der Waals surface area contributed by atoms with Crippen LogP contribution in [0.5, 0.6) is 0 Å². The van der Waals surface area contributed by atoms with Crippen LogP contribution in [0.1, 0.15) is 29.8 Å². The molecule has 0 bridgehead atoms. The highest BCUT2D eigenvalue weighted by Crippen LogP contribution is 2.25. The number of aryl methyl sites for hydroxylation is 1. The van der Waals surface area contributed by atoms with Gasteiger partial charge in [0.2, 0.25) is 0 Å². The Labute approximate surface area is 113 Å². The van der Waals surface area contributed by atoms with Crippen molar-refractivity contribution in [3.63, 3.8) is 0 Å². The van der Waals surface area contributed by atoms with Crippen molar-refractivity contribution in [2.24, 2.45) is 7.05 Å². The summed E-state index contributed by atoms with van der Waals surface area (Å²) in [6, 6.07) is 13.3. The number of hydrogen-bond donors (Lipinski definition) is 0. The van der Waals surface area contributed by atoms with Gasteiger partial charge in [0.15, 0.2) is 12.4 Å². The molecule has 98 valence electrons. The molecule has 2 aromatic rings. The third kappa shape index (κ3) is 3.19. The summed E-state index contributed by atoms with van der Waals surface area (Å²) in [5.74, 6) is -0.315. The van der Waals surface area contributed by atoms with Crippen molar-refractivity contribution in [1.29, 1.82) is 0 Å². The van der Waals surface area contributed by atoms with E-state index in [1.807, 2.05) is 68.1 Å². The van der Waals surface area contributed by atoms with Gasteiger partial charge in [-0.3, -0.25) is 0 Å². The van der Waals surface area contributed by atoms with Crippen LogP contribution in [0.4, 0.5) is 0 Å². The Bertz CT molecular complexity index is 576. The van der Waals surface area contributed by atoms with Gasteiger partial charge in [0.05, 0.1) is 0 Å². The SMILES string of the molecule is C[n+]1cccc(C(=O)OC(C)(C)c2ccccc2)c1. The van der Waals surface area contributed by atoms with E-state index in [-0.39, 0.29) is 5.97 Å². The second-order valence-corrected chi connectivity index (χ2v) is 5.02. The van der Waals surface area contributed by atoms with E-state index < -0.39 is 5.60 Å². The number of rotatable bonds is 3. The van der Waals surface area contributed by atoms with Crippen molar-refractivity contribution in [3.05, 3.63) is 66.0 Å². The van der Waals surface area contributed by atoms with Gasteiger partial charge in [0, 0.05) is 6.07 Å². The first-order valence-electron chi connectivity index (χ1n) is 6.23. The van der Waals surface area contributed by atoms with Gasteiger partial charge in [-0.15, -0.1) is 0 Å². The van der Waals surface area contributed by atoms with Gasteiger partial charge in [-0.2, -0.15) is 0 Å². The summed E-state index contributed by atoms with van der Waals surface area (Å²) >= 11 is 0. The largest absolute Gasteiger partial charge is 0.451 e. The summed E-state index contributed by atoms with van der Waals surface area (Å²) in [5.41, 5.74) is 0.880. The first-order valence-corrected chi connectivity index (χ1v) is 6.23. The van der Waals surface area contributed by atoms with Gasteiger partial charge < -0.3 is 4.74 Å². The average Bonchev–Trinajstić information content (AvgIpc) is 2.39. The van der Waals surface area contributed by atoms with E-state index in [4.69, 9.17) is 4.74 Å². The number of hydrogen-bond acceptors (Lipinski definition) is 2. The fourth-order valence-corrected chi connectivity index (χ4v) is 1.90. The third-order valence-electron chi connectivity index (χ3n) is 2.99. The van der Waals surface area contributed by atoms with Crippen molar-refractivity contribution >= 4 is 5.97 Å². The minimum Gasteiger partial charge on any atom is -0.451 e. The Kier molecular flexibility index (Phi) is 3.65. The number of esters is 1. The van der Waals surface area contributed by atoms with Crippen LogP contribution in [-0.2, 0) is 17.4 Å². The molecule has 0 N–H and O–H groups in total. The van der Waals surface area contributed by atoms with Crippen molar-refractivity contribution in [2.45, 2.75) is 19.4 Å². The Balaban J connectivity index is 2.19. The fourth-order valence-electron chi connectivity index (χ4n) is 1.90. The summed E-state index contributed by atoms with van der Waals surface area (Å²) < 4.78 is 7.44. The predicted octanol–water partition coefficient (Wildman–Crippen LogP) is 2.60. The lowest BCUT2D eigenvalue weighted by atomic mass is 9.98. The molecule has 0 aliphatic rings. The van der Waals surface area contributed by atoms with Crippen LogP contribution in [0.2, 0.25) is 0 Å². The van der Waals surface area contributed by atoms with E-state index in [0.29, 0.717) is 5.56 Å². The number of carbonyl (C=O) groups is 1. The normalized spacial score (nSPS) is 11.1. The summed E-state index contributed by atoms with van der Waals surface area (Å²) in [7, 11) is 1.87. The van der Waals surface area contributed by atoms with Crippen LogP contribution in [0.25, 0.3) is 0 Å². The topological polar surface area (TPSA) is 30.2 Å². The zero-order valence-corrected chi connectivity index (χ0v) is 11.5. The van der Waals surface area contributed by atoms with E-state index in [1.165, 1.54) is 0 Å². The molecule has 0 amide bonds. The molecule has 0 atom stereocenters. The molecule has 1 aromatic heterocycles. The van der Waals surface area contributed by atoms with Gasteiger partial charge in [0.25, 0.3) is 0 Å². The van der Waals surface area contributed by atoms with Crippen LogP contribution >= 0.6 is 0 Å². The van der Waals surface area contributed by atoms with Crippen LogP contribution in [0.3, 0.4) is 0 Å². The number of pyridine rings is 1. The van der Waals surface area contributed by atoms with Crippen LogP contribution in [0, 0.1) is 0 Å². The molecule has 19 heavy (non-hydrogen) atoms. The van der Waals surface area contributed by atoms with E-state index in [0.717, 1.165) is 5.56 Å². The molecule has 3 heteroatoms. The molecule has 1 aromatic carbocycles. The Hall–Kier alpha value is -2.16. The highest BCUT2D eigenvalue weighted by Gasteiger charge is 2.26. The minimum absolute atomic E-state index is 0.315. The summed E-state index contributed by atoms with van der Waals surface area (Å²) in [6.45, 7) is 3.78. The third-order valence-corrected chi connectivity index (χ3v) is 2.99. The summed E-state index contributed by atoms with van der Waals surface area (Å²) in [4.78, 5) is 12.2. The van der Waals surface area contributed by atoms with Gasteiger partial charge in [-0.1, -0.05) is 30.3 Å². The maximum absolute atomic E-state index is 12.2. The first kappa shape index (κ1) is 13.3. The van der Waals surface area contributed by atoms with E-state index in [2.05, 4.69) is 0 Å². The number of carbonyl (C=O) groups excluding carboxylic acids is 1. The lowest BCUT2D eigenvalue weighted by molar-refractivity contribution is -0.671. The van der Waals surface area contributed by atoms with Gasteiger partial charge >= 0.3 is 5.97 Å². The van der Waals surface area contributed by atoms with E-state index >= 15 is 0 Å². The van der Waals surface area contributed by atoms with Crippen molar-refractivity contribution in [1.82, 2.24) is 0 Å². The predicted molar refractivity (Wildman–Crippen MR) is 72.5 cm³/mol. The first-order chi connectivity index (χ1) is 8.99. The average molecular weight is 256 g/mol. The van der Waals surface area contributed by atoms with Gasteiger partial charge in [0.1, 0.15) is 18.2 Å². The van der Waals surface area contributed by atoms with Crippen molar-refractivity contribution < 1.29 is 14.1 Å². The molecule has 0 aliphatic carbocycles. The second kappa shape index (κ2) is 5.22. The highest BCUT2D eigenvalue weighted by molar-refractivity contribution is 5.89. The van der Waals surface area contributed by atoms with Crippen molar-refractivity contribution in [3.8, 4) is 0 Å². The molecule has 0 aliphatic heterocycles. The maximum atomic E-state index is 12.2. The summed E-state index contributed by atoms with van der Waals surface area (Å²) in [6.07, 6.45) is 3.63. The number of aromatic nitrogens is 1. The molecule has 0 radical (unpaired) electrons. The maximum Gasteiger partial charge on any atom is 0.345 e. The van der Waals surface area contributed by atoms with Gasteiger partial charge in [-0.25, -0.2) is 9.36 Å². The van der Waals surface area contributed by atoms with Crippen LogP contribution < -0.4 is 4.57 Å². The molecule has 0 unspecified atom stereocenters. The molecule has 0 saturated heterocycles. The molecular weight excluding hydrogens is 238 g/mol. The quantitative estimate of drug-likeness (QED) is 0.624. The summed E-state index contributed by atoms with van der Waals surface area (Å²) in [5, 5.41) is 0. The molecule has 2 rings (SSSR count). The molecule has 0 saturated carbocycles. The molecule has 0 fully saturated rings. The second-order valence-electron chi connectivity index (χ2n) is 5.02. The fraction of sp³-hybridized carbons (Fsp3) is 0.250. The molecular formula is C16H18NO2+. The lowest BCUT2D eigenvalue weighted by Crippen LogP contribution is -2.30. The van der Waals surface area contributed by atoms with Crippen LogP contribution in [0.15, 0.2) is 54.9 Å². The van der Waals surface area contributed by atoms with Crippen molar-refractivity contribution in [2.75, 3.05) is 0 Å². The lowest BCUT2D eigenvalue weighted by Gasteiger charge is -2.25. The minimum atomic E-state index is -0.646. The number of ether oxygens (including phenoxy) is 1. The van der Waals surface area contributed by atoms with E-state index in [1.54, 1.807) is 12.3 Å². The zero-order valence-electron chi connectivity index (χ0n) is 11.5. The van der Waals surface area contributed by atoms with Crippen LogP contribution in [-0.4, -0.2) is 5.97 Å². The molecule has 0 spiro atoms. The zero-order chi connectivity index (χ0) is 13.9. The Morgan fingerprint density at radius 2 is 1.79 bits per heavy atom. The smallest absolute Gasteiger partial charge is 0.345 e.